The molecule has 0 bridgehead atoms. The van der Waals surface area contributed by atoms with Crippen LogP contribution in [-0.2, 0) is 4.79 Å². The van der Waals surface area contributed by atoms with E-state index in [1.165, 1.54) is 6.20 Å². The van der Waals surface area contributed by atoms with Crippen LogP contribution in [0.15, 0.2) is 41.1 Å². The quantitative estimate of drug-likeness (QED) is 0.875. The van der Waals surface area contributed by atoms with Gasteiger partial charge < -0.3 is 5.32 Å². The van der Waals surface area contributed by atoms with Crippen LogP contribution in [0.4, 0.5) is 0 Å². The van der Waals surface area contributed by atoms with Gasteiger partial charge >= 0.3 is 0 Å². The highest BCUT2D eigenvalue weighted by atomic mass is 79.9. The molecule has 1 heterocycles. The number of hydrogen-bond acceptors (Lipinski definition) is 3. The van der Waals surface area contributed by atoms with Crippen molar-refractivity contribution in [2.45, 2.75) is 25.3 Å². The minimum atomic E-state index is -0.396. The Balaban J connectivity index is 1.94. The fraction of sp³-hybridized carbons (Fsp3) is 0.312. The van der Waals surface area contributed by atoms with Gasteiger partial charge in [0.05, 0.1) is 6.04 Å². The molecule has 2 aromatic rings. The molecule has 4 nitrogen and oxygen atoms in total. The zero-order chi connectivity index (χ0) is 15.5. The van der Waals surface area contributed by atoms with Gasteiger partial charge in [0.15, 0.2) is 5.15 Å². The van der Waals surface area contributed by atoms with E-state index in [0.717, 1.165) is 29.3 Å². The summed E-state index contributed by atoms with van der Waals surface area (Å²) >= 11 is 9.64. The normalized spacial score (nSPS) is 15.9. The van der Waals surface area contributed by atoms with Crippen LogP contribution < -0.4 is 5.32 Å². The van der Waals surface area contributed by atoms with Crippen LogP contribution in [0.1, 0.15) is 36.6 Å². The number of amides is 1. The van der Waals surface area contributed by atoms with E-state index in [9.17, 15) is 4.79 Å². The zero-order valence-electron chi connectivity index (χ0n) is 11.8. The van der Waals surface area contributed by atoms with Crippen LogP contribution in [0, 0.1) is 5.92 Å². The van der Waals surface area contributed by atoms with Crippen LogP contribution in [0.25, 0.3) is 0 Å². The molecule has 1 aromatic heterocycles. The first kappa shape index (κ1) is 15.4. The maximum Gasteiger partial charge on any atom is 0.223 e. The molecule has 1 fully saturated rings. The van der Waals surface area contributed by atoms with Gasteiger partial charge in [0.2, 0.25) is 5.91 Å². The molecule has 6 heteroatoms. The lowest BCUT2D eigenvalue weighted by atomic mass is 9.84. The summed E-state index contributed by atoms with van der Waals surface area (Å²) in [7, 11) is 0. The summed E-state index contributed by atoms with van der Waals surface area (Å²) in [4.78, 5) is 20.8. The molecule has 1 saturated carbocycles. The van der Waals surface area contributed by atoms with Crippen molar-refractivity contribution in [2.75, 3.05) is 0 Å². The third-order valence-electron chi connectivity index (χ3n) is 3.90. The third kappa shape index (κ3) is 3.31. The molecule has 22 heavy (non-hydrogen) atoms. The van der Waals surface area contributed by atoms with Gasteiger partial charge in [-0.1, -0.05) is 46.1 Å². The average molecular weight is 381 g/mol. The van der Waals surface area contributed by atoms with E-state index in [1.807, 2.05) is 24.3 Å². The smallest absolute Gasteiger partial charge is 0.223 e. The fourth-order valence-electron chi connectivity index (χ4n) is 2.45. The summed E-state index contributed by atoms with van der Waals surface area (Å²) < 4.78 is 0.938. The highest BCUT2D eigenvalue weighted by Gasteiger charge is 2.29. The molecule has 1 unspecified atom stereocenters. The number of carbonyl (C=O) groups excluding carboxylic acids is 1. The van der Waals surface area contributed by atoms with E-state index < -0.39 is 6.04 Å². The summed E-state index contributed by atoms with van der Waals surface area (Å²) in [6.07, 6.45) is 6.14. The fourth-order valence-corrected chi connectivity index (χ4v) is 3.08. The van der Waals surface area contributed by atoms with Gasteiger partial charge in [-0.2, -0.15) is 0 Å². The van der Waals surface area contributed by atoms with Crippen LogP contribution in [0.2, 0.25) is 5.15 Å². The predicted molar refractivity (Wildman–Crippen MR) is 88.5 cm³/mol. The van der Waals surface area contributed by atoms with E-state index in [4.69, 9.17) is 11.6 Å². The van der Waals surface area contributed by atoms with Gasteiger partial charge in [0.25, 0.3) is 0 Å². The number of benzene rings is 1. The molecule has 0 saturated heterocycles. The van der Waals surface area contributed by atoms with Crippen molar-refractivity contribution in [3.63, 3.8) is 0 Å². The first-order valence-electron chi connectivity index (χ1n) is 7.17. The van der Waals surface area contributed by atoms with Crippen LogP contribution in [0.3, 0.4) is 0 Å². The van der Waals surface area contributed by atoms with Crippen molar-refractivity contribution >= 4 is 33.4 Å². The highest BCUT2D eigenvalue weighted by Crippen LogP contribution is 2.30. The van der Waals surface area contributed by atoms with Crippen molar-refractivity contribution in [3.8, 4) is 0 Å². The summed E-state index contributed by atoms with van der Waals surface area (Å²) in [6.45, 7) is 0. The molecule has 114 valence electrons. The standard InChI is InChI=1S/C16H15BrClN3O/c17-12-6-2-5-11(9-12)13(14-15(18)20-8-7-19-14)21-16(22)10-3-1-4-10/h2,5-10,13H,1,3-4H2,(H,21,22). The van der Waals surface area contributed by atoms with Crippen molar-refractivity contribution in [1.29, 1.82) is 0 Å². The Bertz CT molecular complexity index is 691. The second-order valence-corrected chi connectivity index (χ2v) is 6.63. The van der Waals surface area contributed by atoms with Crippen LogP contribution >= 0.6 is 27.5 Å². The van der Waals surface area contributed by atoms with Crippen LogP contribution in [-0.4, -0.2) is 15.9 Å². The lowest BCUT2D eigenvalue weighted by Crippen LogP contribution is -2.37. The number of aromatic nitrogens is 2. The van der Waals surface area contributed by atoms with Gasteiger partial charge in [0.1, 0.15) is 5.69 Å². The van der Waals surface area contributed by atoms with Crippen molar-refractivity contribution in [1.82, 2.24) is 15.3 Å². The molecule has 1 aliphatic carbocycles. The van der Waals surface area contributed by atoms with Gasteiger partial charge in [-0.3, -0.25) is 9.78 Å². The number of halogens is 2. The van der Waals surface area contributed by atoms with E-state index in [2.05, 4.69) is 31.2 Å². The molecular formula is C16H15BrClN3O. The van der Waals surface area contributed by atoms with Crippen molar-refractivity contribution < 1.29 is 4.79 Å². The summed E-state index contributed by atoms with van der Waals surface area (Å²) in [5.74, 6) is 0.156. The second kappa shape index (κ2) is 6.75. The predicted octanol–water partition coefficient (Wildman–Crippen LogP) is 3.90. The van der Waals surface area contributed by atoms with Gasteiger partial charge in [-0.15, -0.1) is 0 Å². The molecule has 1 N–H and O–H groups in total. The average Bonchev–Trinajstić information content (AvgIpc) is 2.44. The molecule has 1 atom stereocenters. The Labute approximate surface area is 142 Å². The van der Waals surface area contributed by atoms with E-state index in [-0.39, 0.29) is 11.8 Å². The molecular weight excluding hydrogens is 366 g/mol. The Morgan fingerprint density at radius 2 is 2.09 bits per heavy atom. The molecule has 0 aliphatic heterocycles. The van der Waals surface area contributed by atoms with Crippen molar-refractivity contribution in [2.24, 2.45) is 5.92 Å². The van der Waals surface area contributed by atoms with E-state index in [1.54, 1.807) is 6.20 Å². The summed E-state index contributed by atoms with van der Waals surface area (Å²) in [6, 6.07) is 7.36. The lowest BCUT2D eigenvalue weighted by molar-refractivity contribution is -0.127. The minimum Gasteiger partial charge on any atom is -0.343 e. The molecule has 1 aromatic carbocycles. The van der Waals surface area contributed by atoms with E-state index >= 15 is 0 Å². The van der Waals surface area contributed by atoms with Gasteiger partial charge in [-0.25, -0.2) is 4.98 Å². The first-order chi connectivity index (χ1) is 10.6. The maximum atomic E-state index is 12.4. The summed E-state index contributed by atoms with van der Waals surface area (Å²) in [5, 5.41) is 3.38. The number of nitrogens with zero attached hydrogens (tertiary/aromatic N) is 2. The number of nitrogens with one attached hydrogen (secondary N) is 1. The molecule has 3 rings (SSSR count). The largest absolute Gasteiger partial charge is 0.343 e. The Hall–Kier alpha value is -1.46. The Morgan fingerprint density at radius 1 is 1.32 bits per heavy atom. The Morgan fingerprint density at radius 3 is 2.73 bits per heavy atom. The zero-order valence-corrected chi connectivity index (χ0v) is 14.1. The number of hydrogen-bond donors (Lipinski definition) is 1. The number of rotatable bonds is 4. The molecule has 1 aliphatic rings. The van der Waals surface area contributed by atoms with Gasteiger partial charge in [0, 0.05) is 22.8 Å². The van der Waals surface area contributed by atoms with Crippen molar-refractivity contribution in [3.05, 3.63) is 57.5 Å². The first-order valence-corrected chi connectivity index (χ1v) is 8.34. The molecule has 1 amide bonds. The second-order valence-electron chi connectivity index (χ2n) is 5.36. The Kier molecular flexibility index (Phi) is 4.74. The number of carbonyl (C=O) groups is 1. The summed E-state index contributed by atoms with van der Waals surface area (Å²) in [5.41, 5.74) is 1.49. The third-order valence-corrected chi connectivity index (χ3v) is 4.68. The topological polar surface area (TPSA) is 54.9 Å². The molecule has 0 radical (unpaired) electrons. The minimum absolute atomic E-state index is 0.0537. The SMILES string of the molecule is O=C(NC(c1cccc(Br)c1)c1nccnc1Cl)C1CCC1. The lowest BCUT2D eigenvalue weighted by Gasteiger charge is -2.27. The maximum absolute atomic E-state index is 12.4. The van der Waals surface area contributed by atoms with E-state index in [0.29, 0.717) is 10.8 Å². The van der Waals surface area contributed by atoms with Crippen LogP contribution in [0.5, 0.6) is 0 Å². The molecule has 0 spiro atoms. The highest BCUT2D eigenvalue weighted by molar-refractivity contribution is 9.10. The monoisotopic (exact) mass is 379 g/mol. The van der Waals surface area contributed by atoms with Gasteiger partial charge in [-0.05, 0) is 30.5 Å².